The summed E-state index contributed by atoms with van der Waals surface area (Å²) >= 11 is 0. The number of nitrogens with zero attached hydrogens (tertiary/aromatic N) is 3. The first-order valence-corrected chi connectivity index (χ1v) is 11.6. The second kappa shape index (κ2) is 10.7. The first-order valence-electron chi connectivity index (χ1n) is 11.6. The molecule has 0 spiro atoms. The van der Waals surface area contributed by atoms with Crippen LogP contribution in [0.1, 0.15) is 30.0 Å². The Hall–Kier alpha value is -2.70. The summed E-state index contributed by atoms with van der Waals surface area (Å²) in [5.41, 5.74) is 2.18. The Bertz CT molecular complexity index is 844. The number of likely N-dealkylation sites (tertiary alicyclic amines) is 1. The molecule has 0 aromatic heterocycles. The molecule has 0 bridgehead atoms. The van der Waals surface area contributed by atoms with Gasteiger partial charge in [-0.25, -0.2) is 0 Å². The Morgan fingerprint density at radius 3 is 2.16 bits per heavy atom. The minimum absolute atomic E-state index is 0.0287. The highest BCUT2D eigenvalue weighted by Crippen LogP contribution is 2.28. The van der Waals surface area contributed by atoms with Gasteiger partial charge in [0.25, 0.3) is 0 Å². The van der Waals surface area contributed by atoms with E-state index in [9.17, 15) is 9.59 Å². The van der Waals surface area contributed by atoms with E-state index in [1.54, 1.807) is 0 Å². The third kappa shape index (κ3) is 5.37. The zero-order valence-corrected chi connectivity index (χ0v) is 18.9. The van der Waals surface area contributed by atoms with Crippen molar-refractivity contribution in [3.8, 4) is 0 Å². The van der Waals surface area contributed by atoms with Crippen LogP contribution in [0.15, 0.2) is 60.7 Å². The molecule has 0 unspecified atom stereocenters. The van der Waals surface area contributed by atoms with E-state index in [4.69, 9.17) is 4.74 Å². The molecule has 32 heavy (non-hydrogen) atoms. The van der Waals surface area contributed by atoms with Crippen molar-refractivity contribution in [3.63, 3.8) is 0 Å². The van der Waals surface area contributed by atoms with E-state index in [2.05, 4.69) is 29.2 Å². The third-order valence-corrected chi connectivity index (χ3v) is 6.55. The maximum absolute atomic E-state index is 13.3. The van der Waals surface area contributed by atoms with Gasteiger partial charge >= 0.3 is 0 Å². The number of piperidine rings is 1. The maximum Gasteiger partial charge on any atom is 0.237 e. The van der Waals surface area contributed by atoms with E-state index in [1.165, 1.54) is 0 Å². The van der Waals surface area contributed by atoms with Gasteiger partial charge in [-0.1, -0.05) is 60.7 Å². The SMILES string of the molecule is CN(C(=O)CN1CCC[C@H](C(=O)N2CCOCC2)C1)C(c1ccccc1)c1ccccc1. The highest BCUT2D eigenvalue weighted by molar-refractivity contribution is 5.80. The second-order valence-corrected chi connectivity index (χ2v) is 8.74. The molecule has 2 aliphatic rings. The van der Waals surface area contributed by atoms with Crippen molar-refractivity contribution in [2.75, 3.05) is 53.0 Å². The minimum atomic E-state index is -0.138. The van der Waals surface area contributed by atoms with Crippen LogP contribution in [0.25, 0.3) is 0 Å². The van der Waals surface area contributed by atoms with Crippen molar-refractivity contribution in [1.82, 2.24) is 14.7 Å². The van der Waals surface area contributed by atoms with Gasteiger partial charge in [0, 0.05) is 26.7 Å². The lowest BCUT2D eigenvalue weighted by atomic mass is 9.95. The maximum atomic E-state index is 13.3. The summed E-state index contributed by atoms with van der Waals surface area (Å²) in [6.45, 7) is 4.42. The molecule has 4 rings (SSSR count). The molecule has 2 aromatic carbocycles. The van der Waals surface area contributed by atoms with Crippen LogP contribution in [0.3, 0.4) is 0 Å². The van der Waals surface area contributed by atoms with Crippen LogP contribution in [0.5, 0.6) is 0 Å². The Balaban J connectivity index is 1.43. The molecule has 2 heterocycles. The van der Waals surface area contributed by atoms with Gasteiger partial charge < -0.3 is 14.5 Å². The van der Waals surface area contributed by atoms with Gasteiger partial charge in [0.1, 0.15) is 0 Å². The number of carbonyl (C=O) groups excluding carboxylic acids is 2. The highest BCUT2D eigenvalue weighted by atomic mass is 16.5. The van der Waals surface area contributed by atoms with Crippen LogP contribution in [0, 0.1) is 5.92 Å². The quantitative estimate of drug-likeness (QED) is 0.700. The molecular formula is C26H33N3O3. The predicted molar refractivity (Wildman–Crippen MR) is 124 cm³/mol. The van der Waals surface area contributed by atoms with E-state index in [0.717, 1.165) is 30.5 Å². The molecule has 6 heteroatoms. The van der Waals surface area contributed by atoms with Crippen molar-refractivity contribution < 1.29 is 14.3 Å². The van der Waals surface area contributed by atoms with Crippen LogP contribution < -0.4 is 0 Å². The van der Waals surface area contributed by atoms with Crippen LogP contribution in [-0.4, -0.2) is 79.5 Å². The molecule has 0 saturated carbocycles. The number of hydrogen-bond donors (Lipinski definition) is 0. The van der Waals surface area contributed by atoms with E-state index < -0.39 is 0 Å². The zero-order valence-electron chi connectivity index (χ0n) is 18.9. The zero-order chi connectivity index (χ0) is 22.3. The van der Waals surface area contributed by atoms with Gasteiger partial charge in [-0.2, -0.15) is 0 Å². The predicted octanol–water partition coefficient (Wildman–Crippen LogP) is 2.81. The van der Waals surface area contributed by atoms with Gasteiger partial charge in [-0.3, -0.25) is 14.5 Å². The summed E-state index contributed by atoms with van der Waals surface area (Å²) in [5, 5.41) is 0. The molecule has 1 atom stereocenters. The van der Waals surface area contributed by atoms with Gasteiger partial charge in [-0.05, 0) is 30.5 Å². The lowest BCUT2D eigenvalue weighted by molar-refractivity contribution is -0.143. The van der Waals surface area contributed by atoms with Crippen molar-refractivity contribution in [3.05, 3.63) is 71.8 Å². The smallest absolute Gasteiger partial charge is 0.237 e. The molecule has 2 aromatic rings. The average molecular weight is 436 g/mol. The number of rotatable bonds is 6. The molecule has 6 nitrogen and oxygen atoms in total. The van der Waals surface area contributed by atoms with E-state index in [-0.39, 0.29) is 23.8 Å². The highest BCUT2D eigenvalue weighted by Gasteiger charge is 2.32. The number of ether oxygens (including phenoxy) is 1. The summed E-state index contributed by atoms with van der Waals surface area (Å²) in [6, 6.07) is 20.2. The molecule has 0 aliphatic carbocycles. The first kappa shape index (κ1) is 22.5. The second-order valence-electron chi connectivity index (χ2n) is 8.74. The topological polar surface area (TPSA) is 53.1 Å². The van der Waals surface area contributed by atoms with Crippen LogP contribution >= 0.6 is 0 Å². The van der Waals surface area contributed by atoms with Crippen molar-refractivity contribution in [1.29, 1.82) is 0 Å². The van der Waals surface area contributed by atoms with Gasteiger partial charge in [0.15, 0.2) is 0 Å². The summed E-state index contributed by atoms with van der Waals surface area (Å²) < 4.78 is 5.38. The van der Waals surface area contributed by atoms with Gasteiger partial charge in [0.2, 0.25) is 11.8 Å². The van der Waals surface area contributed by atoms with Crippen molar-refractivity contribution in [2.45, 2.75) is 18.9 Å². The molecule has 0 radical (unpaired) electrons. The average Bonchev–Trinajstić information content (AvgIpc) is 2.85. The van der Waals surface area contributed by atoms with Crippen LogP contribution in [0.4, 0.5) is 0 Å². The number of morpholine rings is 1. The standard InChI is InChI=1S/C26H33N3O3/c1-27(25(21-9-4-2-5-10-21)22-11-6-3-7-12-22)24(30)20-28-14-8-13-23(19-28)26(31)29-15-17-32-18-16-29/h2-7,9-12,23,25H,8,13-20H2,1H3/t23-/m0/s1. The Morgan fingerprint density at radius 2 is 1.56 bits per heavy atom. The number of likely N-dealkylation sites (N-methyl/N-ethyl adjacent to an activating group) is 1. The monoisotopic (exact) mass is 435 g/mol. The summed E-state index contributed by atoms with van der Waals surface area (Å²) in [5.74, 6) is 0.256. The van der Waals surface area contributed by atoms with Gasteiger partial charge in [-0.15, -0.1) is 0 Å². The van der Waals surface area contributed by atoms with Crippen LogP contribution in [-0.2, 0) is 14.3 Å². The normalized spacial score (nSPS) is 19.7. The summed E-state index contributed by atoms with van der Waals surface area (Å²) in [4.78, 5) is 32.2. The molecule has 0 N–H and O–H groups in total. The van der Waals surface area contributed by atoms with Gasteiger partial charge in [0.05, 0.1) is 31.7 Å². The first-order chi connectivity index (χ1) is 15.6. The lowest BCUT2D eigenvalue weighted by Gasteiger charge is -2.37. The number of amides is 2. The van der Waals surface area contributed by atoms with E-state index in [0.29, 0.717) is 39.4 Å². The number of benzene rings is 2. The van der Waals surface area contributed by atoms with Crippen molar-refractivity contribution >= 4 is 11.8 Å². The molecular weight excluding hydrogens is 402 g/mol. The molecule has 2 amide bonds. The number of carbonyl (C=O) groups is 2. The van der Waals surface area contributed by atoms with Crippen LogP contribution in [0.2, 0.25) is 0 Å². The Kier molecular flexibility index (Phi) is 7.55. The summed E-state index contributed by atoms with van der Waals surface area (Å²) in [7, 11) is 1.88. The Morgan fingerprint density at radius 1 is 0.969 bits per heavy atom. The fourth-order valence-electron chi connectivity index (χ4n) is 4.80. The fraction of sp³-hybridized carbons (Fsp3) is 0.462. The summed E-state index contributed by atoms with van der Waals surface area (Å²) in [6.07, 6.45) is 1.84. The van der Waals surface area contributed by atoms with E-state index in [1.807, 2.05) is 53.2 Å². The molecule has 2 saturated heterocycles. The van der Waals surface area contributed by atoms with Crippen molar-refractivity contribution in [2.24, 2.45) is 5.92 Å². The molecule has 2 aliphatic heterocycles. The molecule has 2 fully saturated rings. The minimum Gasteiger partial charge on any atom is -0.378 e. The third-order valence-electron chi connectivity index (χ3n) is 6.55. The number of hydrogen-bond acceptors (Lipinski definition) is 4. The molecule has 170 valence electrons. The Labute approximate surface area is 190 Å². The largest absolute Gasteiger partial charge is 0.378 e. The lowest BCUT2D eigenvalue weighted by Crippen LogP contribution is -2.50. The fourth-order valence-corrected chi connectivity index (χ4v) is 4.80. The van der Waals surface area contributed by atoms with E-state index >= 15 is 0 Å².